The molecule has 3 aromatic rings. The van der Waals surface area contributed by atoms with Crippen LogP contribution in [0.15, 0.2) is 89.8 Å². The molecule has 2 amide bonds. The molecule has 1 atom stereocenters. The number of aromatic hydroxyl groups is 1. The molecule has 0 heterocycles. The van der Waals surface area contributed by atoms with E-state index in [9.17, 15) is 14.7 Å². The molecule has 3 aromatic carbocycles. The average Bonchev–Trinajstić information content (AvgIpc) is 2.85. The van der Waals surface area contributed by atoms with E-state index >= 15 is 0 Å². The number of hydrogen-bond donors (Lipinski definition) is 4. The number of nitrogens with two attached hydrogens (primary N) is 1. The predicted molar refractivity (Wildman–Crippen MR) is 142 cm³/mol. The molecular weight excluding hydrogens is 462 g/mol. The lowest BCUT2D eigenvalue weighted by atomic mass is 10.0. The number of carbonyl (C=O) groups excluding carboxylic acids is 2. The summed E-state index contributed by atoms with van der Waals surface area (Å²) in [6, 6.07) is 21.1. The van der Waals surface area contributed by atoms with Crippen LogP contribution >= 0.6 is 11.8 Å². The Morgan fingerprint density at radius 2 is 1.74 bits per heavy atom. The number of thioether (sulfide) groups is 1. The minimum atomic E-state index is -0.560. The second-order valence-corrected chi connectivity index (χ2v) is 8.63. The molecule has 5 N–H and O–H groups in total. The fourth-order valence-electron chi connectivity index (χ4n) is 3.33. The van der Waals surface area contributed by atoms with Crippen molar-refractivity contribution < 1.29 is 19.4 Å². The summed E-state index contributed by atoms with van der Waals surface area (Å²) in [7, 11) is 0. The number of nitrogens with one attached hydrogen (secondary N) is 2. The third-order valence-electron chi connectivity index (χ3n) is 5.18. The largest absolute Gasteiger partial charge is 0.508 e. The Labute approximate surface area is 209 Å². The van der Waals surface area contributed by atoms with E-state index < -0.39 is 12.2 Å². The zero-order valence-corrected chi connectivity index (χ0v) is 20.3. The fraction of sp³-hybridized carbons (Fsp3) is 0.185. The van der Waals surface area contributed by atoms with Gasteiger partial charge in [-0.1, -0.05) is 30.3 Å². The van der Waals surface area contributed by atoms with E-state index in [1.807, 2.05) is 30.5 Å². The van der Waals surface area contributed by atoms with Crippen LogP contribution in [0.1, 0.15) is 30.9 Å². The lowest BCUT2D eigenvalue weighted by Gasteiger charge is -2.19. The summed E-state index contributed by atoms with van der Waals surface area (Å²) in [5, 5.41) is 15.1. The van der Waals surface area contributed by atoms with Crippen molar-refractivity contribution in [2.24, 2.45) is 0 Å². The number of ether oxygens (including phenoxy) is 1. The molecule has 0 radical (unpaired) electrons. The van der Waals surface area contributed by atoms with Gasteiger partial charge in [-0.2, -0.15) is 0 Å². The fourth-order valence-corrected chi connectivity index (χ4v) is 3.74. The van der Waals surface area contributed by atoms with Gasteiger partial charge in [0.15, 0.2) is 0 Å². The Hall–Kier alpha value is -3.91. The van der Waals surface area contributed by atoms with Crippen LogP contribution in [-0.2, 0) is 9.53 Å². The molecule has 0 fully saturated rings. The minimum absolute atomic E-state index is 0.138. The van der Waals surface area contributed by atoms with Crippen molar-refractivity contribution in [1.29, 1.82) is 0 Å². The Morgan fingerprint density at radius 1 is 1.03 bits per heavy atom. The van der Waals surface area contributed by atoms with E-state index in [1.165, 1.54) is 6.08 Å². The van der Waals surface area contributed by atoms with Gasteiger partial charge in [-0.15, -0.1) is 11.8 Å². The highest BCUT2D eigenvalue weighted by molar-refractivity contribution is 7.98. The summed E-state index contributed by atoms with van der Waals surface area (Å²) in [5.74, 6) is -0.125. The van der Waals surface area contributed by atoms with Crippen LogP contribution in [0.3, 0.4) is 0 Å². The second-order valence-electron chi connectivity index (χ2n) is 7.75. The van der Waals surface area contributed by atoms with Gasteiger partial charge in [0.05, 0.1) is 11.4 Å². The van der Waals surface area contributed by atoms with Gasteiger partial charge in [-0.3, -0.25) is 10.1 Å². The quantitative estimate of drug-likeness (QED) is 0.114. The zero-order valence-electron chi connectivity index (χ0n) is 19.4. The molecule has 0 aliphatic heterocycles. The molecule has 0 spiro atoms. The van der Waals surface area contributed by atoms with Crippen LogP contribution in [0.5, 0.6) is 5.75 Å². The van der Waals surface area contributed by atoms with Crippen molar-refractivity contribution in [3.05, 3.63) is 90.5 Å². The second kappa shape index (κ2) is 13.1. The predicted octanol–water partition coefficient (Wildman–Crippen LogP) is 6.35. The Morgan fingerprint density at radius 3 is 2.43 bits per heavy atom. The molecule has 3 rings (SSSR count). The molecule has 7 nitrogen and oxygen atoms in total. The van der Waals surface area contributed by atoms with Crippen molar-refractivity contribution in [1.82, 2.24) is 0 Å². The highest BCUT2D eigenvalue weighted by Crippen LogP contribution is 2.26. The maximum atomic E-state index is 12.5. The Kier molecular flexibility index (Phi) is 9.62. The summed E-state index contributed by atoms with van der Waals surface area (Å²) in [4.78, 5) is 25.7. The van der Waals surface area contributed by atoms with Crippen LogP contribution < -0.4 is 16.4 Å². The average molecular weight is 492 g/mol. The number of nitrogen functional groups attached to an aromatic ring is 1. The zero-order chi connectivity index (χ0) is 25.0. The Bertz CT molecular complexity index is 1150. The number of para-hydroxylation sites is 2. The highest BCUT2D eigenvalue weighted by Gasteiger charge is 2.17. The molecule has 0 aliphatic carbocycles. The molecule has 8 heteroatoms. The van der Waals surface area contributed by atoms with Crippen LogP contribution in [-0.4, -0.2) is 23.4 Å². The molecule has 35 heavy (non-hydrogen) atoms. The lowest BCUT2D eigenvalue weighted by molar-refractivity contribution is -0.111. The van der Waals surface area contributed by atoms with Gasteiger partial charge in [0.1, 0.15) is 11.9 Å². The van der Waals surface area contributed by atoms with Crippen molar-refractivity contribution in [3.63, 3.8) is 0 Å². The number of rotatable bonds is 10. The van der Waals surface area contributed by atoms with Gasteiger partial charge in [-0.05, 0) is 85.7 Å². The first kappa shape index (κ1) is 25.7. The normalized spacial score (nSPS) is 11.7. The number of hydrogen-bond acceptors (Lipinski definition) is 6. The van der Waals surface area contributed by atoms with Gasteiger partial charge in [0, 0.05) is 10.6 Å². The van der Waals surface area contributed by atoms with Gasteiger partial charge < -0.3 is 20.9 Å². The number of carbonyl (C=O) groups is 2. The first-order valence-corrected chi connectivity index (χ1v) is 12.4. The van der Waals surface area contributed by atoms with E-state index in [1.54, 1.807) is 66.4 Å². The number of phenols is 1. The van der Waals surface area contributed by atoms with E-state index in [0.717, 1.165) is 10.5 Å². The van der Waals surface area contributed by atoms with Crippen molar-refractivity contribution in [2.75, 3.05) is 22.6 Å². The summed E-state index contributed by atoms with van der Waals surface area (Å²) in [5.41, 5.74) is 8.33. The lowest BCUT2D eigenvalue weighted by Crippen LogP contribution is -2.17. The van der Waals surface area contributed by atoms with Crippen LogP contribution in [0.25, 0.3) is 0 Å². The molecule has 182 valence electrons. The van der Waals surface area contributed by atoms with Crippen LogP contribution in [0, 0.1) is 0 Å². The molecule has 0 saturated heterocycles. The molecule has 0 bridgehead atoms. The number of amides is 2. The van der Waals surface area contributed by atoms with E-state index in [2.05, 4.69) is 10.6 Å². The van der Waals surface area contributed by atoms with Crippen LogP contribution in [0.2, 0.25) is 0 Å². The molecule has 0 unspecified atom stereocenters. The van der Waals surface area contributed by atoms with E-state index in [4.69, 9.17) is 10.5 Å². The first-order chi connectivity index (χ1) is 16.9. The number of unbranched alkanes of at least 4 members (excludes halogenated alkanes) is 1. The number of anilines is 3. The minimum Gasteiger partial charge on any atom is -0.508 e. The summed E-state index contributed by atoms with van der Waals surface area (Å²) in [6.07, 6.45) is 6.00. The third kappa shape index (κ3) is 8.42. The van der Waals surface area contributed by atoms with Gasteiger partial charge in [-0.25, -0.2) is 4.79 Å². The molecule has 0 saturated carbocycles. The monoisotopic (exact) mass is 491 g/mol. The molecule has 0 aliphatic rings. The van der Waals surface area contributed by atoms with E-state index in [-0.39, 0.29) is 11.7 Å². The van der Waals surface area contributed by atoms with Crippen LogP contribution in [0.4, 0.5) is 21.9 Å². The topological polar surface area (TPSA) is 114 Å². The smallest absolute Gasteiger partial charge is 0.412 e. The molecular formula is C27H29N3O4S. The maximum Gasteiger partial charge on any atom is 0.412 e. The maximum absolute atomic E-state index is 12.5. The number of allylic oxidation sites excluding steroid dienone is 1. The Balaban J connectivity index is 1.54. The summed E-state index contributed by atoms with van der Waals surface area (Å²) < 4.78 is 5.70. The SMILES string of the molecule is CSc1ccc(NC(=O)O[C@@H](CCC/C=C/C(=O)Nc2ccccc2N)c2ccc(O)cc2)cc1. The summed E-state index contributed by atoms with van der Waals surface area (Å²) in [6.45, 7) is 0. The van der Waals surface area contributed by atoms with E-state index in [0.29, 0.717) is 36.3 Å². The molecule has 0 aromatic heterocycles. The first-order valence-electron chi connectivity index (χ1n) is 11.2. The highest BCUT2D eigenvalue weighted by atomic mass is 32.2. The van der Waals surface area contributed by atoms with Crippen molar-refractivity contribution in [3.8, 4) is 5.75 Å². The van der Waals surface area contributed by atoms with Gasteiger partial charge >= 0.3 is 6.09 Å². The van der Waals surface area contributed by atoms with Gasteiger partial charge in [0.25, 0.3) is 0 Å². The standard InChI is InChI=1S/C27H29N3O4S/c1-35-22-17-13-20(14-18-22)29-27(33)34-25(19-11-15-21(31)16-12-19)9-3-2-4-10-26(32)30-24-8-6-5-7-23(24)28/h4-8,10-18,25,31H,2-3,9,28H2,1H3,(H,29,33)(H,30,32)/b10-4+/t25-/m0/s1. The number of benzene rings is 3. The summed E-state index contributed by atoms with van der Waals surface area (Å²) >= 11 is 1.62. The van der Waals surface area contributed by atoms with Crippen molar-refractivity contribution in [2.45, 2.75) is 30.3 Å². The third-order valence-corrected chi connectivity index (χ3v) is 5.92. The van der Waals surface area contributed by atoms with Gasteiger partial charge in [0.2, 0.25) is 5.91 Å². The number of phenolic OH excluding ortho intramolecular Hbond substituents is 1. The van der Waals surface area contributed by atoms with Crippen molar-refractivity contribution >= 4 is 40.8 Å².